The van der Waals surface area contributed by atoms with Crippen molar-refractivity contribution in [2.45, 2.75) is 12.8 Å². The Morgan fingerprint density at radius 2 is 1.84 bits per heavy atom. The Hall–Kier alpha value is -3.42. The molecule has 0 atom stereocenters. The Bertz CT molecular complexity index is 1280. The lowest BCUT2D eigenvalue weighted by molar-refractivity contribution is -0.274. The Morgan fingerprint density at radius 1 is 1.08 bits per heavy atom. The maximum atomic E-state index is 13.5. The SMILES string of the molecule is CN1CCN(CC(=O)Nc2cc(C(=O)Cc3nnc(-c4cccc(F)c4)s3)ccc2OC(F)(F)F)CC1. The molecular formula is C24H23F4N5O3S. The van der Waals surface area contributed by atoms with Gasteiger partial charge in [-0.15, -0.1) is 23.4 Å². The van der Waals surface area contributed by atoms with Crippen molar-refractivity contribution in [3.05, 3.63) is 58.9 Å². The molecule has 1 aliphatic heterocycles. The minimum Gasteiger partial charge on any atom is -0.404 e. The van der Waals surface area contributed by atoms with E-state index in [0.717, 1.165) is 36.6 Å². The van der Waals surface area contributed by atoms with Crippen LogP contribution in [0.1, 0.15) is 15.4 Å². The number of carbonyl (C=O) groups is 2. The van der Waals surface area contributed by atoms with Crippen molar-refractivity contribution in [2.75, 3.05) is 45.1 Å². The molecule has 1 N–H and O–H groups in total. The summed E-state index contributed by atoms with van der Waals surface area (Å²) in [4.78, 5) is 29.5. The number of hydrogen-bond donors (Lipinski definition) is 1. The Labute approximate surface area is 213 Å². The lowest BCUT2D eigenvalue weighted by atomic mass is 10.1. The molecule has 1 saturated heterocycles. The highest BCUT2D eigenvalue weighted by atomic mass is 32.1. The molecule has 3 aromatic rings. The normalized spacial score (nSPS) is 14.9. The van der Waals surface area contributed by atoms with E-state index in [1.54, 1.807) is 6.07 Å². The van der Waals surface area contributed by atoms with E-state index in [1.165, 1.54) is 24.3 Å². The summed E-state index contributed by atoms with van der Waals surface area (Å²) in [6, 6.07) is 9.11. The molecule has 0 spiro atoms. The monoisotopic (exact) mass is 537 g/mol. The van der Waals surface area contributed by atoms with Crippen molar-refractivity contribution in [3.8, 4) is 16.3 Å². The van der Waals surface area contributed by atoms with Crippen LogP contribution < -0.4 is 10.1 Å². The summed E-state index contributed by atoms with van der Waals surface area (Å²) in [7, 11) is 1.96. The minimum absolute atomic E-state index is 0.00882. The number of Topliss-reactive ketones (excluding diaryl/α,β-unsaturated/α-hetero) is 1. The molecule has 0 bridgehead atoms. The molecule has 2 aromatic carbocycles. The van der Waals surface area contributed by atoms with E-state index in [2.05, 4.69) is 25.2 Å². The molecule has 1 aliphatic rings. The van der Waals surface area contributed by atoms with Crippen molar-refractivity contribution in [1.82, 2.24) is 20.0 Å². The number of likely N-dealkylation sites (N-methyl/N-ethyl adjacent to an activating group) is 1. The number of nitrogens with one attached hydrogen (secondary N) is 1. The van der Waals surface area contributed by atoms with Gasteiger partial charge in [-0.3, -0.25) is 14.5 Å². The van der Waals surface area contributed by atoms with Gasteiger partial charge in [0.1, 0.15) is 15.8 Å². The largest absolute Gasteiger partial charge is 0.573 e. The van der Waals surface area contributed by atoms with Gasteiger partial charge in [0, 0.05) is 37.3 Å². The Morgan fingerprint density at radius 3 is 2.54 bits per heavy atom. The van der Waals surface area contributed by atoms with Gasteiger partial charge in [0.25, 0.3) is 0 Å². The third-order valence-electron chi connectivity index (χ3n) is 5.61. The number of ketones is 1. The molecule has 0 saturated carbocycles. The van der Waals surface area contributed by atoms with E-state index in [1.807, 2.05) is 11.9 Å². The first-order valence-corrected chi connectivity index (χ1v) is 12.1. The lowest BCUT2D eigenvalue weighted by Gasteiger charge is -2.31. The van der Waals surface area contributed by atoms with E-state index >= 15 is 0 Å². The molecule has 0 unspecified atom stereocenters. The number of carbonyl (C=O) groups excluding carboxylic acids is 2. The molecule has 1 amide bonds. The van der Waals surface area contributed by atoms with Gasteiger partial charge in [-0.25, -0.2) is 4.39 Å². The predicted molar refractivity (Wildman–Crippen MR) is 129 cm³/mol. The highest BCUT2D eigenvalue weighted by Gasteiger charge is 2.33. The van der Waals surface area contributed by atoms with Gasteiger partial charge in [0.15, 0.2) is 11.5 Å². The van der Waals surface area contributed by atoms with Crippen LogP contribution in [0.15, 0.2) is 42.5 Å². The number of anilines is 1. The highest BCUT2D eigenvalue weighted by Crippen LogP contribution is 2.32. The number of amides is 1. The second-order valence-corrected chi connectivity index (χ2v) is 9.56. The topological polar surface area (TPSA) is 87.7 Å². The van der Waals surface area contributed by atoms with Crippen molar-refractivity contribution >= 4 is 28.7 Å². The van der Waals surface area contributed by atoms with E-state index in [9.17, 15) is 27.2 Å². The molecule has 1 fully saturated rings. The van der Waals surface area contributed by atoms with Crippen LogP contribution >= 0.6 is 11.3 Å². The molecular weight excluding hydrogens is 514 g/mol. The molecule has 196 valence electrons. The molecule has 1 aromatic heterocycles. The first-order valence-electron chi connectivity index (χ1n) is 11.3. The number of benzene rings is 2. The van der Waals surface area contributed by atoms with Crippen LogP contribution in [-0.4, -0.2) is 77.8 Å². The molecule has 4 rings (SSSR count). The zero-order valence-electron chi connectivity index (χ0n) is 19.7. The van der Waals surface area contributed by atoms with Crippen molar-refractivity contribution in [3.63, 3.8) is 0 Å². The van der Waals surface area contributed by atoms with Gasteiger partial charge in [0.05, 0.1) is 18.7 Å². The zero-order chi connectivity index (χ0) is 26.6. The van der Waals surface area contributed by atoms with Crippen LogP contribution in [-0.2, 0) is 11.2 Å². The van der Waals surface area contributed by atoms with Gasteiger partial charge >= 0.3 is 6.36 Å². The molecule has 8 nitrogen and oxygen atoms in total. The zero-order valence-corrected chi connectivity index (χ0v) is 20.5. The first-order chi connectivity index (χ1) is 17.6. The van der Waals surface area contributed by atoms with Gasteiger partial charge in [-0.1, -0.05) is 23.5 Å². The maximum absolute atomic E-state index is 13.5. The molecule has 13 heteroatoms. The number of piperazine rings is 1. The standard InChI is InChI=1S/C24H23F4N5O3S/c1-32-7-9-33(10-8-32)14-21(35)29-18-12-15(5-6-20(18)36-24(26,27)28)19(34)13-22-30-31-23(37-22)16-3-2-4-17(25)11-16/h2-6,11-12H,7-10,13-14H2,1H3,(H,29,35). The summed E-state index contributed by atoms with van der Waals surface area (Å²) >= 11 is 1.10. The lowest BCUT2D eigenvalue weighted by Crippen LogP contribution is -2.47. The number of hydrogen-bond acceptors (Lipinski definition) is 8. The van der Waals surface area contributed by atoms with E-state index in [-0.39, 0.29) is 24.2 Å². The van der Waals surface area contributed by atoms with Gasteiger partial charge in [-0.2, -0.15) is 0 Å². The fourth-order valence-corrected chi connectivity index (χ4v) is 4.55. The summed E-state index contributed by atoms with van der Waals surface area (Å²) in [6.45, 7) is 2.82. The van der Waals surface area contributed by atoms with Crippen molar-refractivity contribution in [2.24, 2.45) is 0 Å². The fourth-order valence-electron chi connectivity index (χ4n) is 3.72. The molecule has 0 radical (unpaired) electrons. The summed E-state index contributed by atoms with van der Waals surface area (Å²) in [5, 5.41) is 11.2. The van der Waals surface area contributed by atoms with Crippen LogP contribution in [0.3, 0.4) is 0 Å². The molecule has 2 heterocycles. The molecule has 0 aliphatic carbocycles. The fraction of sp³-hybridized carbons (Fsp3) is 0.333. The number of rotatable bonds is 8. The van der Waals surface area contributed by atoms with Gasteiger partial charge in [-0.05, 0) is 37.4 Å². The Balaban J connectivity index is 1.48. The van der Waals surface area contributed by atoms with Crippen LogP contribution in [0.2, 0.25) is 0 Å². The summed E-state index contributed by atoms with van der Waals surface area (Å²) in [5.74, 6) is -2.03. The number of nitrogens with zero attached hydrogens (tertiary/aromatic N) is 4. The van der Waals surface area contributed by atoms with Gasteiger partial charge < -0.3 is 15.0 Å². The Kier molecular flexibility index (Phi) is 8.15. The average molecular weight is 538 g/mol. The third-order valence-corrected chi connectivity index (χ3v) is 6.59. The van der Waals surface area contributed by atoms with E-state index < -0.39 is 29.6 Å². The predicted octanol–water partition coefficient (Wildman–Crippen LogP) is 3.85. The highest BCUT2D eigenvalue weighted by molar-refractivity contribution is 7.14. The van der Waals surface area contributed by atoms with Gasteiger partial charge in [0.2, 0.25) is 5.91 Å². The summed E-state index contributed by atoms with van der Waals surface area (Å²) in [6.07, 6.45) is -5.16. The van der Waals surface area contributed by atoms with E-state index in [4.69, 9.17) is 0 Å². The maximum Gasteiger partial charge on any atom is 0.573 e. The van der Waals surface area contributed by atoms with Crippen LogP contribution in [0.25, 0.3) is 10.6 Å². The second-order valence-electron chi connectivity index (χ2n) is 8.50. The van der Waals surface area contributed by atoms with E-state index in [0.29, 0.717) is 28.7 Å². The second kappa shape index (κ2) is 11.3. The van der Waals surface area contributed by atoms with Crippen molar-refractivity contribution in [1.29, 1.82) is 0 Å². The minimum atomic E-state index is -4.98. The first kappa shape index (κ1) is 26.6. The smallest absolute Gasteiger partial charge is 0.404 e. The number of aromatic nitrogens is 2. The number of alkyl halides is 3. The number of ether oxygens (including phenoxy) is 1. The molecule has 37 heavy (non-hydrogen) atoms. The van der Waals surface area contributed by atoms with Crippen LogP contribution in [0.5, 0.6) is 5.75 Å². The van der Waals surface area contributed by atoms with Crippen LogP contribution in [0, 0.1) is 5.82 Å². The average Bonchev–Trinajstić information content (AvgIpc) is 3.29. The van der Waals surface area contributed by atoms with Crippen LogP contribution in [0.4, 0.5) is 23.2 Å². The van der Waals surface area contributed by atoms with Crippen molar-refractivity contribution < 1.29 is 31.9 Å². The third kappa shape index (κ3) is 7.54. The number of halogens is 4. The summed E-state index contributed by atoms with van der Waals surface area (Å²) in [5.41, 5.74) is 0.308. The quantitative estimate of drug-likeness (QED) is 0.345. The summed E-state index contributed by atoms with van der Waals surface area (Å²) < 4.78 is 56.3.